The third kappa shape index (κ3) is 3.90. The van der Waals surface area contributed by atoms with E-state index >= 15 is 0 Å². The molecular weight excluding hydrogens is 392 g/mol. The fraction of sp³-hybridized carbons (Fsp3) is 0.235. The van der Waals surface area contributed by atoms with E-state index in [4.69, 9.17) is 4.74 Å². The van der Waals surface area contributed by atoms with Gasteiger partial charge >= 0.3 is 11.7 Å². The number of hydrogen-bond acceptors (Lipinski definition) is 6. The van der Waals surface area contributed by atoms with E-state index < -0.39 is 47.9 Å². The molecule has 12 heteroatoms. The smallest absolute Gasteiger partial charge is 0.332 e. The van der Waals surface area contributed by atoms with Crippen molar-refractivity contribution in [3.8, 4) is 0 Å². The van der Waals surface area contributed by atoms with Crippen LogP contribution in [0.25, 0.3) is 11.2 Å². The molecule has 0 saturated carbocycles. The maximum atomic E-state index is 13.1. The normalized spacial score (nSPS) is 10.9. The van der Waals surface area contributed by atoms with Gasteiger partial charge in [-0.25, -0.2) is 18.6 Å². The first-order valence-corrected chi connectivity index (χ1v) is 8.20. The van der Waals surface area contributed by atoms with Crippen LogP contribution in [0.1, 0.15) is 0 Å². The van der Waals surface area contributed by atoms with Crippen molar-refractivity contribution >= 4 is 28.7 Å². The number of nitrogens with one attached hydrogen (secondary N) is 1. The van der Waals surface area contributed by atoms with E-state index in [0.717, 1.165) is 27.3 Å². The van der Waals surface area contributed by atoms with Crippen LogP contribution in [0.2, 0.25) is 0 Å². The van der Waals surface area contributed by atoms with Crippen molar-refractivity contribution in [2.75, 3.05) is 11.9 Å². The lowest BCUT2D eigenvalue weighted by molar-refractivity contribution is -0.147. The van der Waals surface area contributed by atoms with Gasteiger partial charge in [0.15, 0.2) is 29.4 Å². The van der Waals surface area contributed by atoms with Crippen molar-refractivity contribution < 1.29 is 23.1 Å². The van der Waals surface area contributed by atoms with Crippen LogP contribution in [-0.2, 0) is 35.0 Å². The van der Waals surface area contributed by atoms with Gasteiger partial charge in [-0.2, -0.15) is 0 Å². The number of halogens is 2. The molecule has 0 fully saturated rings. The van der Waals surface area contributed by atoms with Gasteiger partial charge < -0.3 is 14.6 Å². The van der Waals surface area contributed by atoms with E-state index in [9.17, 15) is 28.0 Å². The van der Waals surface area contributed by atoms with Crippen molar-refractivity contribution in [2.24, 2.45) is 14.1 Å². The highest BCUT2D eigenvalue weighted by atomic mass is 19.2. The number of carbonyl (C=O) groups is 2. The van der Waals surface area contributed by atoms with Gasteiger partial charge in [-0.1, -0.05) is 0 Å². The van der Waals surface area contributed by atoms with Gasteiger partial charge in [0, 0.05) is 25.8 Å². The molecule has 10 nitrogen and oxygen atoms in total. The van der Waals surface area contributed by atoms with E-state index in [1.807, 2.05) is 0 Å². The second kappa shape index (κ2) is 7.66. The van der Waals surface area contributed by atoms with Gasteiger partial charge in [0.2, 0.25) is 0 Å². The fourth-order valence-electron chi connectivity index (χ4n) is 2.62. The van der Waals surface area contributed by atoms with Gasteiger partial charge in [-0.05, 0) is 12.1 Å². The average Bonchev–Trinajstić information content (AvgIpc) is 3.09. The molecule has 0 aliphatic carbocycles. The minimum Gasteiger partial charge on any atom is -0.454 e. The van der Waals surface area contributed by atoms with E-state index in [-0.39, 0.29) is 16.9 Å². The number of aromatic nitrogens is 4. The van der Waals surface area contributed by atoms with Crippen LogP contribution in [0, 0.1) is 11.6 Å². The summed E-state index contributed by atoms with van der Waals surface area (Å²) in [6.07, 6.45) is 1.20. The van der Waals surface area contributed by atoms with E-state index in [1.54, 1.807) is 0 Å². The summed E-state index contributed by atoms with van der Waals surface area (Å²) in [5.74, 6) is -3.81. The predicted octanol–water partition coefficient (Wildman–Crippen LogP) is -0.106. The number of ether oxygens (including phenoxy) is 1. The SMILES string of the molecule is Cn1c(=O)c2c(ncn2CC(=O)OCC(=O)Nc2ccc(F)c(F)c2)n(C)c1=O. The van der Waals surface area contributed by atoms with Crippen LogP contribution >= 0.6 is 0 Å². The number of esters is 1. The molecule has 1 N–H and O–H groups in total. The summed E-state index contributed by atoms with van der Waals surface area (Å²) in [5, 5.41) is 2.25. The number of carbonyl (C=O) groups excluding carboxylic acids is 2. The Bertz CT molecular complexity index is 1240. The van der Waals surface area contributed by atoms with Crippen molar-refractivity contribution in [1.82, 2.24) is 18.7 Å². The van der Waals surface area contributed by atoms with E-state index in [1.165, 1.54) is 25.0 Å². The summed E-state index contributed by atoms with van der Waals surface area (Å²) in [6.45, 7) is -1.11. The molecule has 0 saturated heterocycles. The van der Waals surface area contributed by atoms with Gasteiger partial charge in [0.05, 0.1) is 6.33 Å². The molecule has 0 aliphatic heterocycles. The Labute approximate surface area is 160 Å². The molecule has 0 aliphatic rings. The number of nitrogens with zero attached hydrogens (tertiary/aromatic N) is 4. The number of amides is 1. The minimum atomic E-state index is -1.14. The topological polar surface area (TPSA) is 117 Å². The zero-order valence-corrected chi connectivity index (χ0v) is 15.3. The Morgan fingerprint density at radius 2 is 1.86 bits per heavy atom. The summed E-state index contributed by atoms with van der Waals surface area (Å²) in [4.78, 5) is 52.0. The predicted molar refractivity (Wildman–Crippen MR) is 96.2 cm³/mol. The molecule has 3 rings (SSSR count). The third-order valence-corrected chi connectivity index (χ3v) is 4.08. The lowest BCUT2D eigenvalue weighted by atomic mass is 10.3. The molecule has 0 bridgehead atoms. The molecular formula is C17H15F2N5O5. The number of anilines is 1. The Morgan fingerprint density at radius 3 is 2.55 bits per heavy atom. The highest BCUT2D eigenvalue weighted by Crippen LogP contribution is 2.13. The lowest BCUT2D eigenvalue weighted by Crippen LogP contribution is -2.37. The van der Waals surface area contributed by atoms with Crippen molar-refractivity contribution in [2.45, 2.75) is 6.54 Å². The first-order chi connectivity index (χ1) is 13.7. The van der Waals surface area contributed by atoms with E-state index in [2.05, 4.69) is 10.3 Å². The fourth-order valence-corrected chi connectivity index (χ4v) is 2.62. The molecule has 1 aromatic carbocycles. The summed E-state index contributed by atoms with van der Waals surface area (Å²) in [5.41, 5.74) is -1.08. The summed E-state index contributed by atoms with van der Waals surface area (Å²) in [6, 6.07) is 2.78. The summed E-state index contributed by atoms with van der Waals surface area (Å²) < 4.78 is 34.1. The third-order valence-electron chi connectivity index (χ3n) is 4.08. The molecule has 1 amide bonds. The van der Waals surface area contributed by atoms with Gasteiger partial charge in [-0.15, -0.1) is 0 Å². The molecule has 0 unspecified atom stereocenters. The highest BCUT2D eigenvalue weighted by Gasteiger charge is 2.17. The second-order valence-electron chi connectivity index (χ2n) is 6.09. The first-order valence-electron chi connectivity index (χ1n) is 8.20. The minimum absolute atomic E-state index is 0.00466. The quantitative estimate of drug-likeness (QED) is 0.590. The summed E-state index contributed by atoms with van der Waals surface area (Å²) >= 11 is 0. The van der Waals surface area contributed by atoms with Crippen LogP contribution in [0.4, 0.5) is 14.5 Å². The largest absolute Gasteiger partial charge is 0.454 e. The number of aryl methyl sites for hydroxylation is 1. The van der Waals surface area contributed by atoms with Gasteiger partial charge in [-0.3, -0.25) is 23.5 Å². The highest BCUT2D eigenvalue weighted by molar-refractivity contribution is 5.92. The lowest BCUT2D eigenvalue weighted by Gasteiger charge is -2.08. The zero-order chi connectivity index (χ0) is 21.3. The maximum absolute atomic E-state index is 13.1. The number of hydrogen-bond donors (Lipinski definition) is 1. The molecule has 2 aromatic heterocycles. The van der Waals surface area contributed by atoms with Crippen molar-refractivity contribution in [1.29, 1.82) is 0 Å². The summed E-state index contributed by atoms with van der Waals surface area (Å²) in [7, 11) is 2.73. The monoisotopic (exact) mass is 407 g/mol. The number of rotatable bonds is 5. The van der Waals surface area contributed by atoms with Crippen LogP contribution in [0.15, 0.2) is 34.1 Å². The molecule has 0 radical (unpaired) electrons. The van der Waals surface area contributed by atoms with Crippen LogP contribution < -0.4 is 16.6 Å². The molecule has 0 spiro atoms. The first kappa shape index (κ1) is 19.9. The molecule has 2 heterocycles. The molecule has 3 aromatic rings. The van der Waals surface area contributed by atoms with Gasteiger partial charge in [0.1, 0.15) is 6.54 Å². The Hall–Kier alpha value is -3.83. The second-order valence-corrected chi connectivity index (χ2v) is 6.09. The van der Waals surface area contributed by atoms with Crippen LogP contribution in [0.3, 0.4) is 0 Å². The Balaban J connectivity index is 1.67. The average molecular weight is 407 g/mol. The number of benzene rings is 1. The van der Waals surface area contributed by atoms with Crippen LogP contribution in [-0.4, -0.2) is 37.2 Å². The molecule has 152 valence electrons. The Kier molecular flexibility index (Phi) is 5.26. The van der Waals surface area contributed by atoms with Crippen LogP contribution in [0.5, 0.6) is 0 Å². The maximum Gasteiger partial charge on any atom is 0.332 e. The van der Waals surface area contributed by atoms with Crippen molar-refractivity contribution in [3.63, 3.8) is 0 Å². The number of imidazole rings is 1. The van der Waals surface area contributed by atoms with Gasteiger partial charge in [0.25, 0.3) is 11.5 Å². The molecule has 0 atom stereocenters. The Morgan fingerprint density at radius 1 is 1.14 bits per heavy atom. The number of fused-ring (bicyclic) bond motifs is 1. The van der Waals surface area contributed by atoms with Crippen molar-refractivity contribution in [3.05, 3.63) is 57.0 Å². The zero-order valence-electron chi connectivity index (χ0n) is 15.3. The standard InChI is InChI=1S/C17H15F2N5O5/c1-22-15-14(16(27)23(2)17(22)28)24(8-20-15)6-13(26)29-7-12(25)21-9-3-4-10(18)11(19)5-9/h3-5,8H,6-7H2,1-2H3,(H,21,25). The molecule has 29 heavy (non-hydrogen) atoms. The van der Waals surface area contributed by atoms with E-state index in [0.29, 0.717) is 0 Å².